The van der Waals surface area contributed by atoms with Crippen molar-refractivity contribution in [3.8, 4) is 11.1 Å². The van der Waals surface area contributed by atoms with Gasteiger partial charge in [0.25, 0.3) is 0 Å². The molecule has 1 heterocycles. The molecular formula is C17H17NO2. The Hall–Kier alpha value is -2.39. The smallest absolute Gasteiger partial charge is 0.166 e. The lowest BCUT2D eigenvalue weighted by Gasteiger charge is -2.01. The number of carbonyl (C=O) groups excluding carboxylic acids is 1. The molecule has 20 heavy (non-hydrogen) atoms. The molecule has 0 spiro atoms. The van der Waals surface area contributed by atoms with Gasteiger partial charge in [0.05, 0.1) is 5.69 Å². The van der Waals surface area contributed by atoms with Gasteiger partial charge in [0.2, 0.25) is 0 Å². The zero-order valence-corrected chi connectivity index (χ0v) is 11.6. The Morgan fingerprint density at radius 1 is 1.00 bits per heavy atom. The number of aldehydes is 1. The molecule has 0 saturated heterocycles. The Morgan fingerprint density at radius 3 is 2.35 bits per heavy atom. The lowest BCUT2D eigenvalue weighted by Crippen LogP contribution is -1.80. The molecule has 102 valence electrons. The van der Waals surface area contributed by atoms with Crippen molar-refractivity contribution in [1.82, 2.24) is 4.98 Å². The molecule has 0 aliphatic carbocycles. The van der Waals surface area contributed by atoms with Crippen molar-refractivity contribution < 1.29 is 9.90 Å². The predicted octanol–water partition coefficient (Wildman–Crippen LogP) is 3.56. The van der Waals surface area contributed by atoms with Crippen LogP contribution >= 0.6 is 0 Å². The fraction of sp³-hybridized carbons (Fsp3) is 0.118. The average Bonchev–Trinajstić information content (AvgIpc) is 2.86. The molecular weight excluding hydrogens is 250 g/mol. The summed E-state index contributed by atoms with van der Waals surface area (Å²) in [4.78, 5) is 14.0. The topological polar surface area (TPSA) is 53.1 Å². The summed E-state index contributed by atoms with van der Waals surface area (Å²) in [6.45, 7) is 1.97. The molecule has 0 fully saturated rings. The van der Waals surface area contributed by atoms with E-state index in [9.17, 15) is 4.79 Å². The van der Waals surface area contributed by atoms with Crippen molar-refractivity contribution in [3.63, 3.8) is 0 Å². The quantitative estimate of drug-likeness (QED) is 0.697. The lowest BCUT2D eigenvalue weighted by molar-refractivity contribution is 0.111. The third-order valence-electron chi connectivity index (χ3n) is 3.32. The molecule has 0 atom stereocenters. The van der Waals surface area contributed by atoms with Crippen LogP contribution in [0.4, 0.5) is 0 Å². The van der Waals surface area contributed by atoms with Crippen LogP contribution in [0, 0.1) is 6.92 Å². The molecule has 2 N–H and O–H groups in total. The van der Waals surface area contributed by atoms with E-state index < -0.39 is 0 Å². The van der Waals surface area contributed by atoms with Crippen LogP contribution in [0.1, 0.15) is 16.1 Å². The lowest BCUT2D eigenvalue weighted by atomic mass is 10.0. The molecule has 3 nitrogen and oxygen atoms in total. The van der Waals surface area contributed by atoms with Crippen LogP contribution in [0.15, 0.2) is 48.5 Å². The summed E-state index contributed by atoms with van der Waals surface area (Å²) >= 11 is 0. The standard InChI is InChI=1S/C16H13NO.CH4O/c1-11-14-9-13(12-5-3-2-4-6-12)7-8-15(14)17-16(11)10-18;1-2/h2-10,17H,1H3;2H,1H3. The number of H-pyrrole nitrogens is 1. The summed E-state index contributed by atoms with van der Waals surface area (Å²) < 4.78 is 0. The molecule has 0 radical (unpaired) electrons. The highest BCUT2D eigenvalue weighted by Crippen LogP contribution is 2.27. The number of rotatable bonds is 2. The van der Waals surface area contributed by atoms with E-state index in [0.717, 1.165) is 29.9 Å². The highest BCUT2D eigenvalue weighted by molar-refractivity contribution is 5.94. The van der Waals surface area contributed by atoms with E-state index >= 15 is 0 Å². The number of aliphatic hydroxyl groups excluding tert-OH is 1. The Balaban J connectivity index is 0.000000704. The van der Waals surface area contributed by atoms with Gasteiger partial charge in [-0.15, -0.1) is 0 Å². The number of hydrogen-bond acceptors (Lipinski definition) is 2. The molecule has 3 heteroatoms. The van der Waals surface area contributed by atoms with E-state index in [4.69, 9.17) is 5.11 Å². The summed E-state index contributed by atoms with van der Waals surface area (Å²) in [5, 5.41) is 8.11. The van der Waals surface area contributed by atoms with Crippen LogP contribution in [0.5, 0.6) is 0 Å². The van der Waals surface area contributed by atoms with Gasteiger partial charge in [-0.25, -0.2) is 0 Å². The number of aliphatic hydroxyl groups is 1. The fourth-order valence-electron chi connectivity index (χ4n) is 2.28. The predicted molar refractivity (Wildman–Crippen MR) is 82.0 cm³/mol. The van der Waals surface area contributed by atoms with Crippen LogP contribution < -0.4 is 0 Å². The number of aromatic nitrogens is 1. The van der Waals surface area contributed by atoms with Gasteiger partial charge in [-0.3, -0.25) is 4.79 Å². The molecule has 1 aromatic heterocycles. The zero-order valence-electron chi connectivity index (χ0n) is 11.6. The number of fused-ring (bicyclic) bond motifs is 1. The molecule has 0 aliphatic heterocycles. The van der Waals surface area contributed by atoms with Crippen LogP contribution in [-0.4, -0.2) is 23.5 Å². The van der Waals surface area contributed by atoms with Crippen molar-refractivity contribution >= 4 is 17.2 Å². The normalized spacial score (nSPS) is 9.95. The highest BCUT2D eigenvalue weighted by Gasteiger charge is 2.07. The maximum atomic E-state index is 10.9. The number of benzene rings is 2. The first-order valence-electron chi connectivity index (χ1n) is 6.37. The van der Waals surface area contributed by atoms with E-state index in [1.165, 1.54) is 11.1 Å². The summed E-state index contributed by atoms with van der Waals surface area (Å²) in [5.41, 5.74) is 5.04. The second-order valence-corrected chi connectivity index (χ2v) is 4.41. The van der Waals surface area contributed by atoms with Crippen LogP contribution in [-0.2, 0) is 0 Å². The van der Waals surface area contributed by atoms with E-state index in [1.54, 1.807) is 0 Å². The van der Waals surface area contributed by atoms with E-state index in [0.29, 0.717) is 5.69 Å². The second-order valence-electron chi connectivity index (χ2n) is 4.41. The fourth-order valence-corrected chi connectivity index (χ4v) is 2.28. The first-order chi connectivity index (χ1) is 9.79. The zero-order chi connectivity index (χ0) is 14.5. The second kappa shape index (κ2) is 6.17. The van der Waals surface area contributed by atoms with Gasteiger partial charge in [-0.05, 0) is 35.7 Å². The number of aryl methyl sites for hydroxylation is 1. The monoisotopic (exact) mass is 267 g/mol. The maximum absolute atomic E-state index is 10.9. The molecule has 0 unspecified atom stereocenters. The van der Waals surface area contributed by atoms with Gasteiger partial charge in [0, 0.05) is 18.0 Å². The van der Waals surface area contributed by atoms with Crippen molar-refractivity contribution in [2.75, 3.05) is 7.11 Å². The van der Waals surface area contributed by atoms with Gasteiger partial charge < -0.3 is 10.1 Å². The molecule has 0 amide bonds. The van der Waals surface area contributed by atoms with Gasteiger partial charge in [0.15, 0.2) is 6.29 Å². The average molecular weight is 267 g/mol. The van der Waals surface area contributed by atoms with E-state index in [-0.39, 0.29) is 0 Å². The first kappa shape index (κ1) is 14.0. The van der Waals surface area contributed by atoms with Crippen molar-refractivity contribution in [1.29, 1.82) is 0 Å². The minimum absolute atomic E-state index is 0.662. The third-order valence-corrected chi connectivity index (χ3v) is 3.32. The maximum Gasteiger partial charge on any atom is 0.166 e. The molecule has 0 aliphatic rings. The molecule has 0 bridgehead atoms. The van der Waals surface area contributed by atoms with Crippen LogP contribution in [0.2, 0.25) is 0 Å². The van der Waals surface area contributed by atoms with Gasteiger partial charge in [-0.2, -0.15) is 0 Å². The van der Waals surface area contributed by atoms with Gasteiger partial charge in [0.1, 0.15) is 0 Å². The number of carbonyl (C=O) groups is 1. The van der Waals surface area contributed by atoms with Gasteiger partial charge >= 0.3 is 0 Å². The molecule has 3 rings (SSSR count). The number of aromatic amines is 1. The van der Waals surface area contributed by atoms with Gasteiger partial charge in [-0.1, -0.05) is 36.4 Å². The molecule has 3 aromatic rings. The van der Waals surface area contributed by atoms with Crippen LogP contribution in [0.25, 0.3) is 22.0 Å². The van der Waals surface area contributed by atoms with E-state index in [1.807, 2.05) is 31.2 Å². The summed E-state index contributed by atoms with van der Waals surface area (Å²) in [7, 11) is 1.00. The Labute approximate surface area is 117 Å². The largest absolute Gasteiger partial charge is 0.400 e. The van der Waals surface area contributed by atoms with Crippen LogP contribution in [0.3, 0.4) is 0 Å². The minimum Gasteiger partial charge on any atom is -0.400 e. The molecule has 0 saturated carbocycles. The Morgan fingerprint density at radius 2 is 1.70 bits per heavy atom. The highest BCUT2D eigenvalue weighted by atomic mass is 16.2. The number of nitrogens with one attached hydrogen (secondary N) is 1. The SMILES string of the molecule is CO.Cc1c(C=O)[nH]c2ccc(-c3ccccc3)cc12. The summed E-state index contributed by atoms with van der Waals surface area (Å²) in [6, 6.07) is 16.5. The Bertz CT molecular complexity index is 714. The van der Waals surface area contributed by atoms with Crippen molar-refractivity contribution in [2.45, 2.75) is 6.92 Å². The minimum atomic E-state index is 0.662. The van der Waals surface area contributed by atoms with Crippen molar-refractivity contribution in [3.05, 3.63) is 59.8 Å². The first-order valence-corrected chi connectivity index (χ1v) is 6.37. The van der Waals surface area contributed by atoms with Crippen molar-refractivity contribution in [2.24, 2.45) is 0 Å². The third kappa shape index (κ3) is 2.49. The Kier molecular flexibility index (Phi) is 4.33. The summed E-state index contributed by atoms with van der Waals surface area (Å²) in [5.74, 6) is 0. The summed E-state index contributed by atoms with van der Waals surface area (Å²) in [6.07, 6.45) is 0.873. The molecule has 2 aromatic carbocycles. The number of hydrogen-bond donors (Lipinski definition) is 2. The van der Waals surface area contributed by atoms with E-state index in [2.05, 4.69) is 29.2 Å².